The van der Waals surface area contributed by atoms with Crippen molar-refractivity contribution in [2.45, 2.75) is 97.6 Å². The van der Waals surface area contributed by atoms with Gasteiger partial charge in [-0.2, -0.15) is 0 Å². The Kier molecular flexibility index (Phi) is 12.2. The van der Waals surface area contributed by atoms with Crippen LogP contribution in [-0.4, -0.2) is 121 Å². The van der Waals surface area contributed by atoms with E-state index in [4.69, 9.17) is 14.0 Å². The van der Waals surface area contributed by atoms with Crippen molar-refractivity contribution >= 4 is 23.8 Å². The Balaban J connectivity index is 1.62. The normalized spacial score (nSPS) is 20.6. The second-order valence-corrected chi connectivity index (χ2v) is 13.5. The van der Waals surface area contributed by atoms with Gasteiger partial charge in [-0.25, -0.2) is 4.79 Å². The third-order valence-electron chi connectivity index (χ3n) is 8.88. The van der Waals surface area contributed by atoms with E-state index in [9.17, 15) is 19.2 Å². The molecule has 2 aliphatic heterocycles. The minimum atomic E-state index is -0.657. The molecule has 0 aromatic carbocycles. The molecule has 4 amide bonds. The summed E-state index contributed by atoms with van der Waals surface area (Å²) in [6.45, 7) is 11.7. The van der Waals surface area contributed by atoms with Crippen molar-refractivity contribution in [1.29, 1.82) is 0 Å². The topological polar surface area (TPSA) is 126 Å². The number of carbonyl (C=O) groups excluding carboxylic acids is 4. The first-order valence-corrected chi connectivity index (χ1v) is 15.9. The van der Waals surface area contributed by atoms with Gasteiger partial charge in [0.1, 0.15) is 29.6 Å². The van der Waals surface area contributed by atoms with E-state index >= 15 is 0 Å². The van der Waals surface area contributed by atoms with Crippen LogP contribution >= 0.6 is 0 Å². The summed E-state index contributed by atoms with van der Waals surface area (Å²) in [4.78, 5) is 59.1. The first-order chi connectivity index (χ1) is 20.7. The van der Waals surface area contributed by atoms with Crippen LogP contribution in [-0.2, 0) is 25.5 Å². The van der Waals surface area contributed by atoms with Gasteiger partial charge in [-0.05, 0) is 78.1 Å². The quantitative estimate of drug-likeness (QED) is 0.470. The summed E-state index contributed by atoms with van der Waals surface area (Å²) in [6.07, 6.45) is 5.44. The third kappa shape index (κ3) is 9.18. The van der Waals surface area contributed by atoms with Crippen LogP contribution in [0.3, 0.4) is 0 Å². The predicted molar refractivity (Wildman–Crippen MR) is 165 cm³/mol. The van der Waals surface area contributed by atoms with Gasteiger partial charge in [0.05, 0.1) is 12.3 Å². The van der Waals surface area contributed by atoms with E-state index in [1.165, 1.54) is 4.90 Å². The van der Waals surface area contributed by atoms with Crippen LogP contribution in [0.4, 0.5) is 4.79 Å². The lowest BCUT2D eigenvalue weighted by molar-refractivity contribution is -0.147. The first-order valence-electron chi connectivity index (χ1n) is 15.9. The van der Waals surface area contributed by atoms with Crippen LogP contribution in [0.5, 0.6) is 0 Å². The predicted octanol–water partition coefficient (Wildman–Crippen LogP) is 3.90. The van der Waals surface area contributed by atoms with Crippen LogP contribution in [0.2, 0.25) is 0 Å². The maximum atomic E-state index is 13.6. The Morgan fingerprint density at radius 2 is 1.77 bits per heavy atom. The molecule has 1 atom stereocenters. The molecule has 2 saturated heterocycles. The average molecular weight is 620 g/mol. The van der Waals surface area contributed by atoms with Crippen LogP contribution in [0.1, 0.15) is 94.5 Å². The standard InChI is InChI=1S/C32H53N5O7/c1-9-24-27(23(2)44-33-24)29(40)35(7)18-12-13-25-28(39)34(6)17-11-10-14-32(22-42-21-26(38)36(25)8)15-19-37(20-16-32)30(41)43-31(3,4)5/h25H,9-22H2,1-8H3/t25-/m0/s1. The fourth-order valence-electron chi connectivity index (χ4n) is 6.03. The van der Waals surface area contributed by atoms with Crippen molar-refractivity contribution in [3.63, 3.8) is 0 Å². The summed E-state index contributed by atoms with van der Waals surface area (Å²) in [6, 6.07) is -0.657. The zero-order chi connectivity index (χ0) is 32.7. The molecule has 12 heteroatoms. The number of aryl methyl sites for hydroxylation is 2. The van der Waals surface area contributed by atoms with Gasteiger partial charge >= 0.3 is 6.09 Å². The van der Waals surface area contributed by atoms with Gasteiger partial charge in [0.25, 0.3) is 5.91 Å². The van der Waals surface area contributed by atoms with Gasteiger partial charge in [-0.3, -0.25) is 14.4 Å². The highest BCUT2D eigenvalue weighted by Gasteiger charge is 2.38. The van der Waals surface area contributed by atoms with E-state index in [2.05, 4.69) is 5.16 Å². The van der Waals surface area contributed by atoms with E-state index in [0.29, 0.717) is 69.1 Å². The molecule has 0 bridgehead atoms. The molecule has 3 heterocycles. The number of likely N-dealkylation sites (tertiary alicyclic amines) is 1. The SMILES string of the molecule is CCc1noc(C)c1C(=O)N(C)CCC[C@H]1C(=O)N(C)CCCCC2(CCN(C(=O)OC(C)(C)C)CC2)COCC(=O)N1C. The number of carbonyl (C=O) groups is 4. The number of piperidine rings is 1. The highest BCUT2D eigenvalue weighted by Crippen LogP contribution is 2.37. The van der Waals surface area contributed by atoms with Crippen LogP contribution < -0.4 is 0 Å². The number of likely N-dealkylation sites (N-methyl/N-ethyl adjacent to an activating group) is 2. The second kappa shape index (κ2) is 15.2. The molecule has 0 unspecified atom stereocenters. The smallest absolute Gasteiger partial charge is 0.410 e. The molecule has 0 N–H and O–H groups in total. The molecule has 1 spiro atoms. The number of nitrogens with zero attached hydrogens (tertiary/aromatic N) is 5. The molecule has 2 aliphatic rings. The maximum absolute atomic E-state index is 13.6. The zero-order valence-corrected chi connectivity index (χ0v) is 28.1. The van der Waals surface area contributed by atoms with Gasteiger partial charge in [0.15, 0.2) is 0 Å². The Morgan fingerprint density at radius 1 is 1.09 bits per heavy atom. The number of hydrogen-bond donors (Lipinski definition) is 0. The minimum Gasteiger partial charge on any atom is -0.444 e. The van der Waals surface area contributed by atoms with Crippen LogP contribution in [0.15, 0.2) is 4.52 Å². The number of amides is 4. The molecule has 44 heavy (non-hydrogen) atoms. The monoisotopic (exact) mass is 619 g/mol. The van der Waals surface area contributed by atoms with E-state index in [1.807, 2.05) is 27.7 Å². The Bertz CT molecular complexity index is 1150. The molecule has 0 aliphatic carbocycles. The number of ether oxygens (including phenoxy) is 2. The summed E-state index contributed by atoms with van der Waals surface area (Å²) in [5, 5.41) is 3.98. The molecular weight excluding hydrogens is 566 g/mol. The van der Waals surface area contributed by atoms with Gasteiger partial charge in [-0.15, -0.1) is 0 Å². The number of rotatable bonds is 6. The number of aromatic nitrogens is 1. The molecule has 248 valence electrons. The highest BCUT2D eigenvalue weighted by molar-refractivity contribution is 5.96. The molecule has 2 fully saturated rings. The van der Waals surface area contributed by atoms with Crippen molar-refractivity contribution in [3.05, 3.63) is 17.0 Å². The summed E-state index contributed by atoms with van der Waals surface area (Å²) < 4.78 is 16.8. The minimum absolute atomic E-state index is 0.113. The summed E-state index contributed by atoms with van der Waals surface area (Å²) in [7, 11) is 5.17. The van der Waals surface area contributed by atoms with Crippen molar-refractivity contribution in [1.82, 2.24) is 24.8 Å². The fraction of sp³-hybridized carbons (Fsp3) is 0.781. The lowest BCUT2D eigenvalue weighted by Crippen LogP contribution is -2.50. The first kappa shape index (κ1) is 35.3. The lowest BCUT2D eigenvalue weighted by Gasteiger charge is -2.42. The van der Waals surface area contributed by atoms with Crippen molar-refractivity contribution in [2.24, 2.45) is 5.41 Å². The van der Waals surface area contributed by atoms with Crippen molar-refractivity contribution in [3.8, 4) is 0 Å². The maximum Gasteiger partial charge on any atom is 0.410 e. The van der Waals surface area contributed by atoms with Crippen LogP contribution in [0, 0.1) is 12.3 Å². The fourth-order valence-corrected chi connectivity index (χ4v) is 6.03. The lowest BCUT2D eigenvalue weighted by atomic mass is 9.75. The Labute approximate surface area is 262 Å². The number of hydrogen-bond acceptors (Lipinski definition) is 8. The molecule has 0 saturated carbocycles. The van der Waals surface area contributed by atoms with E-state index < -0.39 is 11.6 Å². The largest absolute Gasteiger partial charge is 0.444 e. The van der Waals surface area contributed by atoms with Gasteiger partial charge in [0, 0.05) is 47.3 Å². The van der Waals surface area contributed by atoms with Crippen molar-refractivity contribution < 1.29 is 33.2 Å². The average Bonchev–Trinajstić information content (AvgIpc) is 3.35. The Morgan fingerprint density at radius 3 is 2.41 bits per heavy atom. The molecule has 0 radical (unpaired) electrons. The highest BCUT2D eigenvalue weighted by atomic mass is 16.6. The third-order valence-corrected chi connectivity index (χ3v) is 8.88. The molecule has 12 nitrogen and oxygen atoms in total. The molecule has 1 aromatic heterocycles. The summed E-state index contributed by atoms with van der Waals surface area (Å²) in [5.41, 5.74) is 0.445. The van der Waals surface area contributed by atoms with Crippen LogP contribution in [0.25, 0.3) is 0 Å². The van der Waals surface area contributed by atoms with Gasteiger partial charge in [0.2, 0.25) is 11.8 Å². The van der Waals surface area contributed by atoms with Gasteiger partial charge in [-0.1, -0.05) is 18.5 Å². The van der Waals surface area contributed by atoms with Gasteiger partial charge < -0.3 is 33.6 Å². The summed E-state index contributed by atoms with van der Waals surface area (Å²) >= 11 is 0. The molecular formula is C32H53N5O7. The zero-order valence-electron chi connectivity index (χ0n) is 28.1. The summed E-state index contributed by atoms with van der Waals surface area (Å²) in [5.74, 6) is -0.0406. The van der Waals surface area contributed by atoms with E-state index in [-0.39, 0.29) is 35.8 Å². The second-order valence-electron chi connectivity index (χ2n) is 13.5. The molecule has 1 aromatic rings. The molecule has 3 rings (SSSR count). The Hall–Kier alpha value is -3.15. The van der Waals surface area contributed by atoms with E-state index in [0.717, 1.165) is 32.1 Å². The van der Waals surface area contributed by atoms with Crippen molar-refractivity contribution in [2.75, 3.05) is 60.5 Å². The van der Waals surface area contributed by atoms with E-state index in [1.54, 1.807) is 42.8 Å².